The Kier molecular flexibility index (Phi) is 6.21. The highest BCUT2D eigenvalue weighted by molar-refractivity contribution is 5.07. The molecule has 2 unspecified atom stereocenters. The number of hydrogen-bond acceptors (Lipinski definition) is 5. The zero-order chi connectivity index (χ0) is 14.2. The molecule has 1 aliphatic carbocycles. The Labute approximate surface area is 121 Å². The number of ether oxygens (including phenoxy) is 2. The molecule has 1 aliphatic rings. The van der Waals surface area contributed by atoms with Crippen molar-refractivity contribution in [1.29, 1.82) is 0 Å². The van der Waals surface area contributed by atoms with Crippen molar-refractivity contribution in [3.05, 3.63) is 18.1 Å². The predicted octanol–water partition coefficient (Wildman–Crippen LogP) is 2.31. The molecule has 1 aromatic heterocycles. The Hall–Kier alpha value is -1.20. The highest BCUT2D eigenvalue weighted by Crippen LogP contribution is 2.24. The molecule has 0 amide bonds. The molecule has 2 rings (SSSR count). The number of hydrogen-bond donors (Lipinski definition) is 1. The monoisotopic (exact) mass is 279 g/mol. The minimum atomic E-state index is 0.201. The molecular weight excluding hydrogens is 254 g/mol. The molecule has 0 spiro atoms. The average molecular weight is 279 g/mol. The van der Waals surface area contributed by atoms with Gasteiger partial charge in [-0.25, -0.2) is 4.98 Å². The summed E-state index contributed by atoms with van der Waals surface area (Å²) in [5, 5.41) is 3.31. The smallest absolute Gasteiger partial charge is 0.232 e. The summed E-state index contributed by atoms with van der Waals surface area (Å²) in [5.74, 6) is 0.617. The normalized spacial score (nSPS) is 22.7. The highest BCUT2D eigenvalue weighted by atomic mass is 16.5. The summed E-state index contributed by atoms with van der Waals surface area (Å²) in [6.45, 7) is 3.91. The lowest BCUT2D eigenvalue weighted by molar-refractivity contribution is 0.0193. The summed E-state index contributed by atoms with van der Waals surface area (Å²) < 4.78 is 11.3. The predicted molar refractivity (Wildman–Crippen MR) is 77.7 cm³/mol. The van der Waals surface area contributed by atoms with Crippen molar-refractivity contribution in [2.75, 3.05) is 13.7 Å². The third kappa shape index (κ3) is 4.72. The maximum atomic E-state index is 5.89. The minimum Gasteiger partial charge on any atom is -0.473 e. The second-order valence-corrected chi connectivity index (χ2v) is 5.29. The fourth-order valence-corrected chi connectivity index (χ4v) is 2.48. The fraction of sp³-hybridized carbons (Fsp3) is 0.733. The van der Waals surface area contributed by atoms with Gasteiger partial charge in [0.2, 0.25) is 5.88 Å². The Morgan fingerprint density at radius 2 is 2.10 bits per heavy atom. The second kappa shape index (κ2) is 8.17. The third-order valence-corrected chi connectivity index (χ3v) is 3.61. The van der Waals surface area contributed by atoms with Gasteiger partial charge in [-0.1, -0.05) is 6.92 Å². The number of methoxy groups -OCH3 is 1. The number of rotatable bonds is 7. The maximum absolute atomic E-state index is 5.89. The van der Waals surface area contributed by atoms with Gasteiger partial charge < -0.3 is 14.8 Å². The number of nitrogens with zero attached hydrogens (tertiary/aromatic N) is 2. The molecule has 1 saturated carbocycles. The molecule has 112 valence electrons. The Bertz CT molecular complexity index is 383. The fourth-order valence-electron chi connectivity index (χ4n) is 2.48. The van der Waals surface area contributed by atoms with Crippen LogP contribution in [0.5, 0.6) is 5.88 Å². The van der Waals surface area contributed by atoms with Crippen LogP contribution in [0.15, 0.2) is 12.4 Å². The van der Waals surface area contributed by atoms with Crippen molar-refractivity contribution in [3.63, 3.8) is 0 Å². The standard InChI is InChI=1S/C15H25N3O2/c1-3-7-16-9-12-10-18-15(11-17-12)20-14-6-4-5-13(8-14)19-2/h10-11,13-14,16H,3-9H2,1-2H3. The van der Waals surface area contributed by atoms with Gasteiger partial charge in [0.15, 0.2) is 0 Å². The van der Waals surface area contributed by atoms with E-state index in [0.717, 1.165) is 50.9 Å². The van der Waals surface area contributed by atoms with Crippen molar-refractivity contribution >= 4 is 0 Å². The summed E-state index contributed by atoms with van der Waals surface area (Å²) >= 11 is 0. The van der Waals surface area contributed by atoms with Crippen LogP contribution >= 0.6 is 0 Å². The van der Waals surface area contributed by atoms with Crippen LogP contribution in [0.1, 0.15) is 44.7 Å². The average Bonchev–Trinajstić information content (AvgIpc) is 2.49. The van der Waals surface area contributed by atoms with E-state index in [1.54, 1.807) is 19.5 Å². The van der Waals surface area contributed by atoms with Gasteiger partial charge in [0, 0.05) is 20.1 Å². The van der Waals surface area contributed by atoms with E-state index in [9.17, 15) is 0 Å². The first-order chi connectivity index (χ1) is 9.81. The molecule has 0 bridgehead atoms. The van der Waals surface area contributed by atoms with E-state index in [1.807, 2.05) is 0 Å². The molecule has 5 heteroatoms. The minimum absolute atomic E-state index is 0.201. The SMILES string of the molecule is CCCNCc1cnc(OC2CCCC(OC)C2)cn1. The van der Waals surface area contributed by atoms with Gasteiger partial charge in [0.25, 0.3) is 0 Å². The van der Waals surface area contributed by atoms with E-state index in [4.69, 9.17) is 9.47 Å². The van der Waals surface area contributed by atoms with E-state index in [1.165, 1.54) is 0 Å². The third-order valence-electron chi connectivity index (χ3n) is 3.61. The molecule has 5 nitrogen and oxygen atoms in total. The summed E-state index contributed by atoms with van der Waals surface area (Å²) in [6, 6.07) is 0. The molecule has 0 radical (unpaired) electrons. The van der Waals surface area contributed by atoms with Gasteiger partial charge in [0.05, 0.1) is 24.2 Å². The Morgan fingerprint density at radius 1 is 1.25 bits per heavy atom. The molecule has 1 N–H and O–H groups in total. The van der Waals surface area contributed by atoms with Gasteiger partial charge in [0.1, 0.15) is 6.10 Å². The van der Waals surface area contributed by atoms with E-state index >= 15 is 0 Å². The van der Waals surface area contributed by atoms with Gasteiger partial charge in [-0.2, -0.15) is 0 Å². The van der Waals surface area contributed by atoms with Crippen LogP contribution in [0.4, 0.5) is 0 Å². The van der Waals surface area contributed by atoms with Crippen LogP contribution in [0, 0.1) is 0 Å². The molecule has 2 atom stereocenters. The lowest BCUT2D eigenvalue weighted by Crippen LogP contribution is -2.29. The van der Waals surface area contributed by atoms with Gasteiger partial charge in [-0.3, -0.25) is 4.98 Å². The van der Waals surface area contributed by atoms with Crippen LogP contribution in [0.2, 0.25) is 0 Å². The first-order valence-electron chi connectivity index (χ1n) is 7.53. The number of nitrogens with one attached hydrogen (secondary N) is 1. The van der Waals surface area contributed by atoms with E-state index in [0.29, 0.717) is 12.0 Å². The van der Waals surface area contributed by atoms with Gasteiger partial charge >= 0.3 is 0 Å². The Balaban J connectivity index is 1.80. The van der Waals surface area contributed by atoms with Crippen molar-refractivity contribution in [2.24, 2.45) is 0 Å². The quantitative estimate of drug-likeness (QED) is 0.776. The van der Waals surface area contributed by atoms with E-state index in [2.05, 4.69) is 22.2 Å². The topological polar surface area (TPSA) is 56.3 Å². The summed E-state index contributed by atoms with van der Waals surface area (Å²) in [6.07, 6.45) is 9.44. The molecule has 1 fully saturated rings. The molecule has 1 aromatic rings. The Morgan fingerprint density at radius 3 is 2.80 bits per heavy atom. The zero-order valence-electron chi connectivity index (χ0n) is 12.5. The summed E-state index contributed by atoms with van der Waals surface area (Å²) in [4.78, 5) is 8.71. The van der Waals surface area contributed by atoms with Crippen LogP contribution < -0.4 is 10.1 Å². The van der Waals surface area contributed by atoms with E-state index in [-0.39, 0.29) is 6.10 Å². The van der Waals surface area contributed by atoms with Gasteiger partial charge in [-0.15, -0.1) is 0 Å². The van der Waals surface area contributed by atoms with Crippen molar-refractivity contribution in [1.82, 2.24) is 15.3 Å². The highest BCUT2D eigenvalue weighted by Gasteiger charge is 2.23. The van der Waals surface area contributed by atoms with Gasteiger partial charge in [-0.05, 0) is 32.2 Å². The summed E-state index contributed by atoms with van der Waals surface area (Å²) in [5.41, 5.74) is 0.948. The molecule has 20 heavy (non-hydrogen) atoms. The van der Waals surface area contributed by atoms with Crippen molar-refractivity contribution in [2.45, 2.75) is 57.8 Å². The first-order valence-corrected chi connectivity index (χ1v) is 7.53. The van der Waals surface area contributed by atoms with Crippen molar-refractivity contribution in [3.8, 4) is 5.88 Å². The lowest BCUT2D eigenvalue weighted by Gasteiger charge is -2.28. The van der Waals surface area contributed by atoms with Crippen LogP contribution in [-0.4, -0.2) is 35.8 Å². The summed E-state index contributed by atoms with van der Waals surface area (Å²) in [7, 11) is 1.77. The lowest BCUT2D eigenvalue weighted by atomic mass is 9.95. The molecule has 0 saturated heterocycles. The first kappa shape index (κ1) is 15.2. The van der Waals surface area contributed by atoms with Crippen LogP contribution in [-0.2, 0) is 11.3 Å². The largest absolute Gasteiger partial charge is 0.473 e. The second-order valence-electron chi connectivity index (χ2n) is 5.29. The van der Waals surface area contributed by atoms with Crippen LogP contribution in [0.25, 0.3) is 0 Å². The maximum Gasteiger partial charge on any atom is 0.232 e. The van der Waals surface area contributed by atoms with Crippen LogP contribution in [0.3, 0.4) is 0 Å². The van der Waals surface area contributed by atoms with Crippen molar-refractivity contribution < 1.29 is 9.47 Å². The van der Waals surface area contributed by atoms with E-state index < -0.39 is 0 Å². The molecule has 0 aromatic carbocycles. The zero-order valence-corrected chi connectivity index (χ0v) is 12.5. The number of aromatic nitrogens is 2. The molecular formula is C15H25N3O2. The molecule has 0 aliphatic heterocycles. The molecule has 1 heterocycles.